The number of nitrogens with one attached hydrogen (secondary N) is 1. The molecule has 0 amide bonds. The van der Waals surface area contributed by atoms with Crippen molar-refractivity contribution in [3.63, 3.8) is 0 Å². The summed E-state index contributed by atoms with van der Waals surface area (Å²) in [5.74, 6) is 0. The summed E-state index contributed by atoms with van der Waals surface area (Å²) < 4.78 is 7.40. The van der Waals surface area contributed by atoms with Crippen LogP contribution in [0.2, 0.25) is 0 Å². The fraction of sp³-hybridized carbons (Fsp3) is 0.440. The molecular weight excluding hydrogens is 390 g/mol. The third-order valence-corrected chi connectivity index (χ3v) is 6.67. The zero-order valence-corrected chi connectivity index (χ0v) is 18.4. The van der Waals surface area contributed by atoms with Gasteiger partial charge in [-0.3, -0.25) is 4.79 Å². The molecule has 1 aromatic carbocycles. The molecule has 0 radical (unpaired) electrons. The predicted octanol–water partition coefficient (Wildman–Crippen LogP) is 3.09. The van der Waals surface area contributed by atoms with Gasteiger partial charge in [0.25, 0.3) is 5.56 Å². The van der Waals surface area contributed by atoms with E-state index < -0.39 is 5.60 Å². The highest BCUT2D eigenvalue weighted by molar-refractivity contribution is 5.88. The summed E-state index contributed by atoms with van der Waals surface area (Å²) in [5, 5.41) is 15.8. The number of pyridine rings is 2. The van der Waals surface area contributed by atoms with Gasteiger partial charge in [-0.15, -0.1) is 0 Å². The minimum Gasteiger partial charge on any atom is -0.383 e. The van der Waals surface area contributed by atoms with Gasteiger partial charge in [0.2, 0.25) is 0 Å². The maximum Gasteiger partial charge on any atom is 0.257 e. The van der Waals surface area contributed by atoms with Gasteiger partial charge in [-0.05, 0) is 42.6 Å². The number of nitrogens with zero attached hydrogens (tertiary/aromatic N) is 2. The normalized spacial score (nSPS) is 19.5. The smallest absolute Gasteiger partial charge is 0.257 e. The number of fused-ring (bicyclic) bond motifs is 5. The molecule has 162 valence electrons. The number of benzene rings is 1. The van der Waals surface area contributed by atoms with E-state index in [1.165, 1.54) is 5.56 Å². The van der Waals surface area contributed by atoms with Crippen molar-refractivity contribution in [2.75, 3.05) is 13.2 Å². The van der Waals surface area contributed by atoms with E-state index in [0.717, 1.165) is 40.8 Å². The second-order valence-electron chi connectivity index (χ2n) is 8.98. The molecule has 6 heteroatoms. The monoisotopic (exact) mass is 419 g/mol. The molecule has 0 fully saturated rings. The van der Waals surface area contributed by atoms with Crippen LogP contribution in [0.5, 0.6) is 0 Å². The number of hydrogen-bond donors (Lipinski definition) is 2. The zero-order valence-electron chi connectivity index (χ0n) is 18.4. The molecule has 1 atom stereocenters. The molecule has 2 aromatic heterocycles. The van der Waals surface area contributed by atoms with Crippen LogP contribution in [0.25, 0.3) is 22.3 Å². The minimum absolute atomic E-state index is 0.0765. The molecule has 31 heavy (non-hydrogen) atoms. The third kappa shape index (κ3) is 3.21. The Labute approximate surface area is 181 Å². The largest absolute Gasteiger partial charge is 0.383 e. The van der Waals surface area contributed by atoms with Gasteiger partial charge >= 0.3 is 0 Å². The summed E-state index contributed by atoms with van der Waals surface area (Å²) >= 11 is 0. The topological polar surface area (TPSA) is 76.4 Å². The van der Waals surface area contributed by atoms with E-state index >= 15 is 0 Å². The van der Waals surface area contributed by atoms with Crippen LogP contribution in [-0.4, -0.2) is 33.9 Å². The first-order valence-corrected chi connectivity index (χ1v) is 11.1. The van der Waals surface area contributed by atoms with E-state index in [-0.39, 0.29) is 18.8 Å². The van der Waals surface area contributed by atoms with Crippen molar-refractivity contribution >= 4 is 10.9 Å². The van der Waals surface area contributed by atoms with Gasteiger partial charge < -0.3 is 19.7 Å². The van der Waals surface area contributed by atoms with Crippen molar-refractivity contribution in [2.24, 2.45) is 0 Å². The standard InChI is InChI=1S/C25H29N3O3/c1-4-25(30)14-31-13-19-20(25)11-22-23-18(12-28(22)24(19)29)16(9-10-26-15(2)3)17-7-5-6-8-21(17)27-23/h5-8,11,15,26,30H,4,9-10,12-14H2,1-3H3/t25-/m1/s1. The second-order valence-corrected chi connectivity index (χ2v) is 8.98. The molecular formula is C25H29N3O3. The van der Waals surface area contributed by atoms with Gasteiger partial charge in [-0.25, -0.2) is 4.98 Å². The van der Waals surface area contributed by atoms with Gasteiger partial charge in [-0.2, -0.15) is 0 Å². The first-order chi connectivity index (χ1) is 14.9. The molecule has 0 aliphatic carbocycles. The van der Waals surface area contributed by atoms with Crippen LogP contribution in [0.15, 0.2) is 35.1 Å². The number of para-hydroxylation sites is 1. The Bertz CT molecular complexity index is 1230. The maximum atomic E-state index is 13.4. The lowest BCUT2D eigenvalue weighted by molar-refractivity contribution is -0.0757. The van der Waals surface area contributed by atoms with Crippen LogP contribution >= 0.6 is 0 Å². The second kappa shape index (κ2) is 7.55. The predicted molar refractivity (Wildman–Crippen MR) is 121 cm³/mol. The Hall–Kier alpha value is -2.54. The van der Waals surface area contributed by atoms with Crippen LogP contribution in [-0.2, 0) is 29.9 Å². The van der Waals surface area contributed by atoms with Crippen LogP contribution in [0, 0.1) is 0 Å². The van der Waals surface area contributed by atoms with E-state index in [1.54, 1.807) is 4.57 Å². The Morgan fingerprint density at radius 2 is 2.10 bits per heavy atom. The van der Waals surface area contributed by atoms with Crippen molar-refractivity contribution in [3.8, 4) is 11.4 Å². The average molecular weight is 420 g/mol. The lowest BCUT2D eigenvalue weighted by Crippen LogP contribution is -2.40. The molecule has 2 aliphatic heterocycles. The minimum atomic E-state index is -1.13. The highest BCUT2D eigenvalue weighted by Gasteiger charge is 2.38. The molecule has 0 bridgehead atoms. The van der Waals surface area contributed by atoms with E-state index in [0.29, 0.717) is 30.1 Å². The van der Waals surface area contributed by atoms with Gasteiger partial charge in [0.15, 0.2) is 0 Å². The number of rotatable bonds is 5. The van der Waals surface area contributed by atoms with E-state index in [2.05, 4.69) is 25.2 Å². The molecule has 0 saturated heterocycles. The number of ether oxygens (including phenoxy) is 1. The summed E-state index contributed by atoms with van der Waals surface area (Å²) in [6.45, 7) is 8.04. The van der Waals surface area contributed by atoms with Gasteiger partial charge in [-0.1, -0.05) is 39.0 Å². The molecule has 0 unspecified atom stereocenters. The summed E-state index contributed by atoms with van der Waals surface area (Å²) in [7, 11) is 0. The highest BCUT2D eigenvalue weighted by Crippen LogP contribution is 2.39. The average Bonchev–Trinajstić information content (AvgIpc) is 3.13. The van der Waals surface area contributed by atoms with Crippen molar-refractivity contribution in [1.82, 2.24) is 14.9 Å². The lowest BCUT2D eigenvalue weighted by Gasteiger charge is -2.33. The summed E-state index contributed by atoms with van der Waals surface area (Å²) in [5.41, 5.74) is 5.02. The number of aliphatic hydroxyl groups is 1. The Morgan fingerprint density at radius 3 is 2.87 bits per heavy atom. The van der Waals surface area contributed by atoms with Gasteiger partial charge in [0, 0.05) is 22.6 Å². The van der Waals surface area contributed by atoms with Crippen LogP contribution in [0.3, 0.4) is 0 Å². The van der Waals surface area contributed by atoms with Crippen molar-refractivity contribution in [2.45, 2.75) is 58.4 Å². The summed E-state index contributed by atoms with van der Waals surface area (Å²) in [4.78, 5) is 18.4. The van der Waals surface area contributed by atoms with Gasteiger partial charge in [0.05, 0.1) is 36.7 Å². The molecule has 6 nitrogen and oxygen atoms in total. The van der Waals surface area contributed by atoms with Crippen LogP contribution in [0.4, 0.5) is 0 Å². The van der Waals surface area contributed by atoms with Crippen LogP contribution in [0.1, 0.15) is 49.4 Å². The fourth-order valence-electron chi connectivity index (χ4n) is 4.92. The molecule has 0 saturated carbocycles. The fourth-order valence-corrected chi connectivity index (χ4v) is 4.92. The Kier molecular flexibility index (Phi) is 4.96. The molecule has 2 aliphatic rings. The van der Waals surface area contributed by atoms with Crippen molar-refractivity contribution in [1.29, 1.82) is 0 Å². The summed E-state index contributed by atoms with van der Waals surface area (Å²) in [6.07, 6.45) is 1.36. The van der Waals surface area contributed by atoms with E-state index in [9.17, 15) is 9.90 Å². The molecule has 5 rings (SSSR count). The Balaban J connectivity index is 1.71. The zero-order chi connectivity index (χ0) is 21.8. The van der Waals surface area contributed by atoms with Crippen LogP contribution < -0.4 is 10.9 Å². The Morgan fingerprint density at radius 1 is 1.29 bits per heavy atom. The molecule has 0 spiro atoms. The molecule has 2 N–H and O–H groups in total. The van der Waals surface area contributed by atoms with E-state index in [4.69, 9.17) is 9.72 Å². The SMILES string of the molecule is CC[C@@]1(O)COCc2c1cc1n(c2=O)Cc2c-1nc1ccccc1c2CCNC(C)C. The van der Waals surface area contributed by atoms with E-state index in [1.807, 2.05) is 31.2 Å². The quantitative estimate of drug-likeness (QED) is 0.520. The lowest BCUT2D eigenvalue weighted by atomic mass is 9.86. The van der Waals surface area contributed by atoms with Crippen molar-refractivity contribution < 1.29 is 9.84 Å². The first kappa shape index (κ1) is 20.4. The number of aromatic nitrogens is 2. The summed E-state index contributed by atoms with van der Waals surface area (Å²) in [6, 6.07) is 10.6. The van der Waals surface area contributed by atoms with Gasteiger partial charge in [0.1, 0.15) is 5.60 Å². The number of hydrogen-bond acceptors (Lipinski definition) is 5. The highest BCUT2D eigenvalue weighted by atomic mass is 16.5. The molecule has 4 heterocycles. The molecule has 3 aromatic rings. The third-order valence-electron chi connectivity index (χ3n) is 6.67. The maximum absolute atomic E-state index is 13.4. The van der Waals surface area contributed by atoms with Crippen molar-refractivity contribution in [3.05, 3.63) is 62.9 Å². The first-order valence-electron chi connectivity index (χ1n) is 11.1.